The molecule has 0 saturated heterocycles. The molecule has 0 unspecified atom stereocenters. The van der Waals surface area contributed by atoms with Gasteiger partial charge in [0, 0.05) is 25.6 Å². The van der Waals surface area contributed by atoms with E-state index in [1.165, 1.54) is 108 Å². The van der Waals surface area contributed by atoms with Crippen LogP contribution in [0.25, 0.3) is 97.0 Å². The molecule has 1 aliphatic carbocycles. The molecule has 0 bridgehead atoms. The van der Waals surface area contributed by atoms with E-state index in [0.717, 1.165) is 0 Å². The summed E-state index contributed by atoms with van der Waals surface area (Å²) in [6, 6.07) is 63.5. The van der Waals surface area contributed by atoms with Crippen molar-refractivity contribution in [2.45, 2.75) is 19.3 Å². The second kappa shape index (κ2) is 11.0. The minimum Gasteiger partial charge on any atom is -0.135 e. The number of thiophene rings is 1. The fraction of sp³-hybridized carbons (Fsp3) is 0.0588. The van der Waals surface area contributed by atoms with E-state index >= 15 is 0 Å². The molecule has 1 aromatic heterocycles. The highest BCUT2D eigenvalue weighted by Gasteiger charge is 2.35. The molecule has 0 aliphatic heterocycles. The van der Waals surface area contributed by atoms with Crippen LogP contribution < -0.4 is 0 Å². The summed E-state index contributed by atoms with van der Waals surface area (Å²) in [5, 5.41) is 10.4. The average molecular weight is 679 g/mol. The lowest BCUT2D eigenvalue weighted by molar-refractivity contribution is 0.661. The van der Waals surface area contributed by atoms with Crippen LogP contribution in [-0.4, -0.2) is 0 Å². The fourth-order valence-electron chi connectivity index (χ4n) is 9.10. The van der Waals surface area contributed by atoms with Crippen LogP contribution in [0.15, 0.2) is 170 Å². The molecule has 0 spiro atoms. The van der Waals surface area contributed by atoms with Gasteiger partial charge < -0.3 is 0 Å². The van der Waals surface area contributed by atoms with Crippen molar-refractivity contribution in [2.24, 2.45) is 0 Å². The van der Waals surface area contributed by atoms with Crippen molar-refractivity contribution in [1.82, 2.24) is 0 Å². The summed E-state index contributed by atoms with van der Waals surface area (Å²) in [6.45, 7) is 4.74. The summed E-state index contributed by atoms with van der Waals surface area (Å²) in [7, 11) is 0. The largest absolute Gasteiger partial charge is 0.135 e. The highest BCUT2D eigenvalue weighted by molar-refractivity contribution is 7.26. The van der Waals surface area contributed by atoms with Crippen molar-refractivity contribution in [2.75, 3.05) is 0 Å². The highest BCUT2D eigenvalue weighted by Crippen LogP contribution is 2.52. The van der Waals surface area contributed by atoms with Gasteiger partial charge >= 0.3 is 0 Å². The van der Waals surface area contributed by atoms with Crippen LogP contribution in [0.2, 0.25) is 0 Å². The summed E-state index contributed by atoms with van der Waals surface area (Å²) in [5.41, 5.74) is 13.2. The van der Waals surface area contributed by atoms with E-state index < -0.39 is 0 Å². The molecule has 0 radical (unpaired) electrons. The predicted octanol–water partition coefficient (Wildman–Crippen LogP) is 14.8. The van der Waals surface area contributed by atoms with Gasteiger partial charge in [0.05, 0.1) is 0 Å². The molecule has 52 heavy (non-hydrogen) atoms. The van der Waals surface area contributed by atoms with Crippen molar-refractivity contribution in [3.05, 3.63) is 181 Å². The number of fused-ring (bicyclic) bond motifs is 9. The maximum Gasteiger partial charge on any atom is 0.0361 e. The first-order chi connectivity index (χ1) is 25.5. The molecular formula is C51H34S. The van der Waals surface area contributed by atoms with E-state index in [2.05, 4.69) is 184 Å². The van der Waals surface area contributed by atoms with Crippen LogP contribution in [-0.2, 0) is 5.41 Å². The Balaban J connectivity index is 1.05. The lowest BCUT2D eigenvalue weighted by Gasteiger charge is -2.21. The van der Waals surface area contributed by atoms with E-state index in [0.29, 0.717) is 0 Å². The Hall–Kier alpha value is -6.02. The van der Waals surface area contributed by atoms with Crippen LogP contribution >= 0.6 is 11.3 Å². The smallest absolute Gasteiger partial charge is 0.0361 e. The van der Waals surface area contributed by atoms with Crippen molar-refractivity contribution in [3.63, 3.8) is 0 Å². The maximum absolute atomic E-state index is 2.48. The third kappa shape index (κ3) is 4.27. The van der Waals surface area contributed by atoms with Crippen LogP contribution in [0, 0.1) is 0 Å². The fourth-order valence-corrected chi connectivity index (χ4v) is 10.3. The van der Waals surface area contributed by atoms with Gasteiger partial charge in [0.25, 0.3) is 0 Å². The van der Waals surface area contributed by atoms with Gasteiger partial charge in [-0.15, -0.1) is 11.3 Å². The molecule has 0 amide bonds. The zero-order valence-corrected chi connectivity index (χ0v) is 29.9. The Morgan fingerprint density at radius 3 is 1.67 bits per heavy atom. The second-order valence-corrected chi connectivity index (χ2v) is 15.9. The molecule has 0 atom stereocenters. The third-order valence-corrected chi connectivity index (χ3v) is 12.7. The molecule has 0 fully saturated rings. The van der Waals surface area contributed by atoms with Gasteiger partial charge in [-0.2, -0.15) is 0 Å². The highest BCUT2D eigenvalue weighted by atomic mass is 32.1. The normalized spacial score (nSPS) is 13.3. The Bertz CT molecular complexity index is 3030. The summed E-state index contributed by atoms with van der Waals surface area (Å²) >= 11 is 1.92. The second-order valence-electron chi connectivity index (χ2n) is 14.9. The Labute approximate surface area is 307 Å². The molecule has 0 nitrogen and oxygen atoms in total. The summed E-state index contributed by atoms with van der Waals surface area (Å²) in [6.07, 6.45) is 0. The van der Waals surface area contributed by atoms with Gasteiger partial charge in [-0.3, -0.25) is 0 Å². The van der Waals surface area contributed by atoms with E-state index in [1.54, 1.807) is 0 Å². The number of benzene rings is 9. The minimum absolute atomic E-state index is 0.00281. The van der Waals surface area contributed by atoms with Crippen LogP contribution in [0.5, 0.6) is 0 Å². The van der Waals surface area contributed by atoms with Gasteiger partial charge in [0.15, 0.2) is 0 Å². The quantitative estimate of drug-likeness (QED) is 0.163. The maximum atomic E-state index is 2.48. The van der Waals surface area contributed by atoms with Gasteiger partial charge in [-0.1, -0.05) is 147 Å². The van der Waals surface area contributed by atoms with E-state index in [4.69, 9.17) is 0 Å². The Kier molecular flexibility index (Phi) is 6.27. The van der Waals surface area contributed by atoms with Crippen molar-refractivity contribution < 1.29 is 0 Å². The summed E-state index contributed by atoms with van der Waals surface area (Å²) in [4.78, 5) is 0. The van der Waals surface area contributed by atoms with Crippen molar-refractivity contribution >= 4 is 63.8 Å². The minimum atomic E-state index is -0.00281. The van der Waals surface area contributed by atoms with Gasteiger partial charge in [0.2, 0.25) is 0 Å². The molecule has 10 aromatic rings. The third-order valence-electron chi connectivity index (χ3n) is 11.6. The topological polar surface area (TPSA) is 0 Å². The first-order valence-corrected chi connectivity index (χ1v) is 19.0. The summed E-state index contributed by atoms with van der Waals surface area (Å²) < 4.78 is 2.71. The number of hydrogen-bond acceptors (Lipinski definition) is 1. The van der Waals surface area contributed by atoms with Crippen LogP contribution in [0.1, 0.15) is 25.0 Å². The van der Waals surface area contributed by atoms with Crippen molar-refractivity contribution in [1.29, 1.82) is 0 Å². The monoisotopic (exact) mass is 678 g/mol. The first-order valence-electron chi connectivity index (χ1n) is 18.2. The lowest BCUT2D eigenvalue weighted by Crippen LogP contribution is -2.14. The van der Waals surface area contributed by atoms with Crippen LogP contribution in [0.3, 0.4) is 0 Å². The molecule has 0 N–H and O–H groups in total. The lowest BCUT2D eigenvalue weighted by atomic mass is 9.82. The molecular weight excluding hydrogens is 645 g/mol. The van der Waals surface area contributed by atoms with Crippen LogP contribution in [0.4, 0.5) is 0 Å². The van der Waals surface area contributed by atoms with Gasteiger partial charge in [-0.05, 0) is 124 Å². The standard InChI is InChI=1S/C51H34S/c1-51(2)45-22-11-10-17-37(45)42-30-48-44(29-46(42)51)43-27-34-24-23-33(26-36(34)28-47(43)52-48)32-15-12-16-35(25-32)50-40-20-8-6-18-38(40)49(31-13-4-3-5-14-31)39-19-7-9-21-41(39)50/h3-30H,1-2H3. The SMILES string of the molecule is CC1(C)c2ccccc2-c2cc3sc4cc5cc(-c6cccc(-c7c8ccccc8c(-c8ccccc8)c8ccccc78)c6)ccc5cc4c3cc21. The molecule has 1 heterocycles. The molecule has 9 aromatic carbocycles. The van der Waals surface area contributed by atoms with Gasteiger partial charge in [-0.25, -0.2) is 0 Å². The van der Waals surface area contributed by atoms with E-state index in [1.807, 2.05) is 11.3 Å². The van der Waals surface area contributed by atoms with Crippen molar-refractivity contribution in [3.8, 4) is 44.5 Å². The zero-order valence-electron chi connectivity index (χ0n) is 29.1. The molecule has 244 valence electrons. The molecule has 0 saturated carbocycles. The number of hydrogen-bond donors (Lipinski definition) is 0. The van der Waals surface area contributed by atoms with Gasteiger partial charge in [0.1, 0.15) is 0 Å². The van der Waals surface area contributed by atoms with E-state index in [9.17, 15) is 0 Å². The molecule has 11 rings (SSSR count). The Morgan fingerprint density at radius 2 is 0.923 bits per heavy atom. The summed E-state index contributed by atoms with van der Waals surface area (Å²) in [5.74, 6) is 0. The predicted molar refractivity (Wildman–Crippen MR) is 226 cm³/mol. The van der Waals surface area contributed by atoms with E-state index in [-0.39, 0.29) is 5.41 Å². The molecule has 1 heteroatoms. The molecule has 1 aliphatic rings. The average Bonchev–Trinajstić information content (AvgIpc) is 3.65. The number of rotatable bonds is 3. The Morgan fingerprint density at radius 1 is 0.346 bits per heavy atom. The zero-order chi connectivity index (χ0) is 34.6. The first kappa shape index (κ1) is 29.7.